The Morgan fingerprint density at radius 2 is 0.578 bits per heavy atom. The fraction of sp³-hybridized carbons (Fsp3) is 0.0556. The van der Waals surface area contributed by atoms with Crippen LogP contribution >= 0.6 is 0 Å². The van der Waals surface area contributed by atoms with E-state index in [2.05, 4.69) is 354 Å². The average Bonchev–Trinajstić information content (AvgIpc) is 1.50. The van der Waals surface area contributed by atoms with Gasteiger partial charge < -0.3 is 9.47 Å². The van der Waals surface area contributed by atoms with Gasteiger partial charge in [-0.1, -0.05) is 348 Å². The third kappa shape index (κ3) is 10.3. The Hall–Kier alpha value is -14.9. The number of fused-ring (bicyclic) bond motifs is 21. The van der Waals surface area contributed by atoms with Crippen LogP contribution in [0.15, 0.2) is 370 Å². The van der Waals surface area contributed by atoms with E-state index in [1.54, 1.807) is 0 Å². The molecule has 0 N–H and O–H groups in total. The molecule has 0 amide bonds. The molecule has 116 heavy (non-hydrogen) atoms. The summed E-state index contributed by atoms with van der Waals surface area (Å²) in [5, 5.41) is 2.50. The van der Waals surface area contributed by atoms with Crippen molar-refractivity contribution in [2.45, 2.75) is 36.5 Å². The van der Waals surface area contributed by atoms with Crippen LogP contribution in [0.25, 0.3) is 141 Å². The molecule has 2 aliphatic heterocycles. The summed E-state index contributed by atoms with van der Waals surface area (Å²) in [5.74, 6) is 7.38. The summed E-state index contributed by atoms with van der Waals surface area (Å²) < 4.78 is 13.6. The molecule has 0 atom stereocenters. The minimum Gasteiger partial charge on any atom is -0.457 e. The van der Waals surface area contributed by atoms with Crippen LogP contribution in [0.1, 0.15) is 80.6 Å². The molecular formula is C108H70N6O2. The number of ether oxygens (including phenoxy) is 2. The summed E-state index contributed by atoms with van der Waals surface area (Å²) in [6.45, 7) is 4.60. The smallest absolute Gasteiger partial charge is 0.164 e. The Morgan fingerprint density at radius 3 is 1.04 bits per heavy atom. The van der Waals surface area contributed by atoms with Crippen LogP contribution in [0.2, 0.25) is 0 Å². The van der Waals surface area contributed by atoms with Gasteiger partial charge in [0, 0.05) is 61.0 Å². The van der Waals surface area contributed by atoms with Crippen LogP contribution in [-0.4, -0.2) is 29.9 Å². The molecule has 2 aromatic heterocycles. The van der Waals surface area contributed by atoms with Crippen LogP contribution in [0, 0.1) is 0 Å². The lowest BCUT2D eigenvalue weighted by molar-refractivity contribution is 0.436. The van der Waals surface area contributed by atoms with E-state index in [0.717, 1.165) is 96.2 Å². The summed E-state index contributed by atoms with van der Waals surface area (Å²) in [7, 11) is 0. The van der Waals surface area contributed by atoms with E-state index in [0.29, 0.717) is 34.9 Å². The maximum atomic E-state index is 6.79. The van der Waals surface area contributed by atoms with E-state index >= 15 is 0 Å². The first-order chi connectivity index (χ1) is 57.2. The van der Waals surface area contributed by atoms with Crippen molar-refractivity contribution in [2.24, 2.45) is 0 Å². The van der Waals surface area contributed by atoms with E-state index in [1.165, 1.54) is 99.8 Å². The minimum atomic E-state index is -0.481. The highest BCUT2D eigenvalue weighted by Crippen LogP contribution is 2.65. The summed E-state index contributed by atoms with van der Waals surface area (Å²) in [4.78, 5) is 30.4. The zero-order chi connectivity index (χ0) is 76.8. The number of benzene rings is 16. The molecule has 0 saturated heterocycles. The Kier molecular flexibility index (Phi) is 15.1. The standard InChI is InChI=1S/C55H37N3O.C53H33N3O/c1-54(2)43-19-9-6-16-39(43)42-30-28-38(32-48(42)54)53-57-51(35-14-4-3-5-15-35)56-52(58-53)36-26-24-34(25-27-36)37-29-31-47-50(33-37)59-49-23-13-12-22-46(49)55(47)44-20-10-7-17-40(44)41-18-8-11-21-45(41)55;1-2-12-35(13-3-1)50-54-51(56-52(55-50)40-30-38-16-10-14-34-15-11-17-39(31-40)49(34)38)36-26-24-33(25-27-36)37-28-29-46-48(32-37)57-47-23-9-8-22-45(47)53(46)43-20-6-4-18-41(43)42-19-5-7-21-44(42)53/h3-33H,1-2H3;1-14,16-32H,15H2. The van der Waals surface area contributed by atoms with Gasteiger partial charge >= 0.3 is 0 Å². The Morgan fingerprint density at radius 1 is 0.233 bits per heavy atom. The summed E-state index contributed by atoms with van der Waals surface area (Å²) in [6.07, 6.45) is 5.40. The van der Waals surface area contributed by atoms with Crippen LogP contribution in [0.4, 0.5) is 0 Å². The second-order valence-corrected chi connectivity index (χ2v) is 31.4. The van der Waals surface area contributed by atoms with Crippen molar-refractivity contribution in [1.82, 2.24) is 29.9 Å². The molecule has 0 unspecified atom stereocenters. The molecule has 4 heterocycles. The van der Waals surface area contributed by atoms with Crippen molar-refractivity contribution in [1.29, 1.82) is 0 Å². The summed E-state index contributed by atoms with van der Waals surface area (Å²) in [5.41, 5.74) is 31.5. The first-order valence-corrected chi connectivity index (χ1v) is 39.8. The molecule has 6 aliphatic rings. The van der Waals surface area contributed by atoms with Crippen molar-refractivity contribution in [3.05, 3.63) is 437 Å². The second-order valence-electron chi connectivity index (χ2n) is 31.4. The molecule has 8 nitrogen and oxygen atoms in total. The second kappa shape index (κ2) is 26.1. The molecule has 24 rings (SSSR count). The minimum absolute atomic E-state index is 0.131. The molecule has 0 saturated carbocycles. The predicted octanol–water partition coefficient (Wildman–Crippen LogP) is 26.0. The lowest BCUT2D eigenvalue weighted by atomic mass is 9.66. The van der Waals surface area contributed by atoms with Gasteiger partial charge in [-0.05, 0) is 160 Å². The third-order valence-corrected chi connectivity index (χ3v) is 24.8. The number of para-hydroxylation sites is 2. The molecule has 8 heteroatoms. The maximum Gasteiger partial charge on any atom is 0.164 e. The highest BCUT2D eigenvalue weighted by Gasteiger charge is 2.53. The van der Waals surface area contributed by atoms with Crippen LogP contribution in [0.3, 0.4) is 0 Å². The topological polar surface area (TPSA) is 95.8 Å². The number of hydrogen-bond donors (Lipinski definition) is 0. The zero-order valence-corrected chi connectivity index (χ0v) is 63.5. The van der Waals surface area contributed by atoms with Gasteiger partial charge in [0.05, 0.1) is 10.8 Å². The number of rotatable bonds is 8. The van der Waals surface area contributed by atoms with Crippen molar-refractivity contribution in [3.8, 4) is 147 Å². The van der Waals surface area contributed by atoms with Crippen molar-refractivity contribution in [2.75, 3.05) is 0 Å². The molecule has 16 aromatic carbocycles. The Balaban J connectivity index is 0.000000137. The van der Waals surface area contributed by atoms with Gasteiger partial charge in [-0.15, -0.1) is 0 Å². The lowest BCUT2D eigenvalue weighted by Crippen LogP contribution is -2.32. The predicted molar refractivity (Wildman–Crippen MR) is 466 cm³/mol. The monoisotopic (exact) mass is 1480 g/mol. The number of allylic oxidation sites excluding steroid dienone is 1. The van der Waals surface area contributed by atoms with Crippen molar-refractivity contribution >= 4 is 16.8 Å². The molecular weight excluding hydrogens is 1410 g/mol. The number of hydrogen-bond acceptors (Lipinski definition) is 8. The normalized spacial score (nSPS) is 14.1. The third-order valence-electron chi connectivity index (χ3n) is 24.8. The molecule has 0 radical (unpaired) electrons. The highest BCUT2D eigenvalue weighted by molar-refractivity contribution is 5.99. The first-order valence-electron chi connectivity index (χ1n) is 39.8. The van der Waals surface area contributed by atoms with Crippen LogP contribution < -0.4 is 9.47 Å². The number of aromatic nitrogens is 6. The average molecular weight is 1480 g/mol. The van der Waals surface area contributed by atoms with Crippen LogP contribution in [0.5, 0.6) is 23.0 Å². The highest BCUT2D eigenvalue weighted by atomic mass is 16.5. The van der Waals surface area contributed by atoms with E-state index in [4.69, 9.17) is 39.4 Å². The quantitative estimate of drug-likeness (QED) is 0.148. The van der Waals surface area contributed by atoms with E-state index in [-0.39, 0.29) is 5.41 Å². The summed E-state index contributed by atoms with van der Waals surface area (Å²) in [6, 6.07) is 129. The van der Waals surface area contributed by atoms with E-state index in [1.807, 2.05) is 36.4 Å². The van der Waals surface area contributed by atoms with E-state index < -0.39 is 10.8 Å². The van der Waals surface area contributed by atoms with E-state index in [9.17, 15) is 0 Å². The van der Waals surface area contributed by atoms with Gasteiger partial charge in [0.25, 0.3) is 0 Å². The molecule has 2 spiro atoms. The van der Waals surface area contributed by atoms with Crippen molar-refractivity contribution < 1.29 is 9.47 Å². The van der Waals surface area contributed by atoms with Gasteiger partial charge in [0.2, 0.25) is 0 Å². The fourth-order valence-electron chi connectivity index (χ4n) is 19.5. The van der Waals surface area contributed by atoms with Gasteiger partial charge in [-0.2, -0.15) is 0 Å². The lowest BCUT2D eigenvalue weighted by Gasteiger charge is -2.39. The summed E-state index contributed by atoms with van der Waals surface area (Å²) >= 11 is 0. The molecule has 18 aromatic rings. The SMILES string of the molecule is C1=Cc2cc(-c3nc(-c4ccccc4)nc(-c4ccc(-c5ccc6c(c5)Oc5ccccc5C65c6ccccc6-c6ccccc65)cc4)n3)cc3cccc(c23)C1.CC1(C)c2ccccc2-c2ccc(-c3nc(-c4ccccc4)nc(-c4ccc(-c5ccc6c(c5)Oc5ccccc5C65c6ccccc6-c6ccccc65)cc4)n3)cc21. The molecule has 0 bridgehead atoms. The molecule has 544 valence electrons. The first kappa shape index (κ1) is 66.9. The van der Waals surface area contributed by atoms with Gasteiger partial charge in [0.1, 0.15) is 23.0 Å². The van der Waals surface area contributed by atoms with Gasteiger partial charge in [0.15, 0.2) is 34.9 Å². The molecule has 4 aliphatic carbocycles. The van der Waals surface area contributed by atoms with Crippen LogP contribution in [-0.2, 0) is 22.7 Å². The zero-order valence-electron chi connectivity index (χ0n) is 63.5. The molecule has 0 fully saturated rings. The Labute approximate surface area is 672 Å². The maximum absolute atomic E-state index is 6.79. The fourth-order valence-corrected chi connectivity index (χ4v) is 19.5. The largest absolute Gasteiger partial charge is 0.457 e. The van der Waals surface area contributed by atoms with Crippen molar-refractivity contribution in [3.63, 3.8) is 0 Å². The van der Waals surface area contributed by atoms with Gasteiger partial charge in [-0.3, -0.25) is 0 Å². The Bertz CT molecular complexity index is 7060. The van der Waals surface area contributed by atoms with Gasteiger partial charge in [-0.25, -0.2) is 29.9 Å². The number of nitrogens with zero attached hydrogens (tertiary/aromatic N) is 6.